The van der Waals surface area contributed by atoms with Crippen molar-refractivity contribution >= 4 is 28.5 Å². The molecule has 0 radical (unpaired) electrons. The van der Waals surface area contributed by atoms with Crippen LogP contribution in [0.4, 0.5) is 0 Å². The maximum Gasteiger partial charge on any atom is 0.500 e. The Bertz CT molecular complexity index is 279. The van der Waals surface area contributed by atoms with Gasteiger partial charge in [-0.3, -0.25) is 0 Å². The Morgan fingerprint density at radius 1 is 1.00 bits per heavy atom. The molecule has 0 rings (SSSR count). The van der Waals surface area contributed by atoms with Gasteiger partial charge in [0.2, 0.25) is 9.05 Å². The summed E-state index contributed by atoms with van der Waals surface area (Å²) in [6, 6.07) is 0.467. The molecular formula is C9H21ClO5SSi. The average Bonchev–Trinajstić information content (AvgIpc) is 2.16. The fourth-order valence-electron chi connectivity index (χ4n) is 1.46. The molecule has 0 saturated heterocycles. The van der Waals surface area contributed by atoms with E-state index in [9.17, 15) is 8.42 Å². The van der Waals surface area contributed by atoms with Crippen LogP contribution in [0.15, 0.2) is 0 Å². The molecule has 0 unspecified atom stereocenters. The summed E-state index contributed by atoms with van der Waals surface area (Å²) in [5, 5.41) is 0. The largest absolute Gasteiger partial charge is 0.500 e. The first-order valence-electron chi connectivity index (χ1n) is 5.73. The summed E-state index contributed by atoms with van der Waals surface area (Å²) in [5.74, 6) is -0.0868. The van der Waals surface area contributed by atoms with Crippen LogP contribution in [0.3, 0.4) is 0 Å². The first-order chi connectivity index (χ1) is 7.89. The van der Waals surface area contributed by atoms with Crippen molar-refractivity contribution in [3.8, 4) is 0 Å². The van der Waals surface area contributed by atoms with Gasteiger partial charge in [-0.15, -0.1) is 0 Å². The lowest BCUT2D eigenvalue weighted by Crippen LogP contribution is -2.46. The fraction of sp³-hybridized carbons (Fsp3) is 1.00. The first kappa shape index (κ1) is 17.3. The van der Waals surface area contributed by atoms with Crippen LogP contribution < -0.4 is 0 Å². The smallest absolute Gasteiger partial charge is 0.374 e. The third-order valence-electron chi connectivity index (χ3n) is 1.96. The lowest BCUT2D eigenvalue weighted by atomic mass is 10.6. The highest BCUT2D eigenvalue weighted by atomic mass is 35.7. The predicted octanol–water partition coefficient (Wildman–Crippen LogP) is 1.99. The van der Waals surface area contributed by atoms with Crippen molar-refractivity contribution in [3.63, 3.8) is 0 Å². The first-order valence-corrected chi connectivity index (χ1v) is 10.1. The second kappa shape index (κ2) is 8.44. The van der Waals surface area contributed by atoms with Crippen molar-refractivity contribution in [2.75, 3.05) is 25.6 Å². The highest BCUT2D eigenvalue weighted by Gasteiger charge is 2.39. The lowest BCUT2D eigenvalue weighted by molar-refractivity contribution is 0.0712. The molecule has 0 heterocycles. The van der Waals surface area contributed by atoms with Gasteiger partial charge in [-0.2, -0.15) is 0 Å². The van der Waals surface area contributed by atoms with Crippen LogP contribution in [0.5, 0.6) is 0 Å². The van der Waals surface area contributed by atoms with Crippen LogP contribution in [0.25, 0.3) is 0 Å². The van der Waals surface area contributed by atoms with Gasteiger partial charge in [0.15, 0.2) is 0 Å². The zero-order valence-electron chi connectivity index (χ0n) is 10.6. The quantitative estimate of drug-likeness (QED) is 0.456. The zero-order valence-corrected chi connectivity index (χ0v) is 13.1. The van der Waals surface area contributed by atoms with Crippen molar-refractivity contribution in [1.29, 1.82) is 0 Å². The maximum absolute atomic E-state index is 10.8. The van der Waals surface area contributed by atoms with E-state index >= 15 is 0 Å². The maximum atomic E-state index is 10.8. The van der Waals surface area contributed by atoms with E-state index in [1.165, 1.54) is 0 Å². The molecule has 0 saturated carbocycles. The van der Waals surface area contributed by atoms with Gasteiger partial charge in [-0.25, -0.2) is 8.42 Å². The van der Waals surface area contributed by atoms with Gasteiger partial charge in [0.25, 0.3) is 0 Å². The van der Waals surface area contributed by atoms with Gasteiger partial charge in [-0.05, 0) is 27.2 Å². The lowest BCUT2D eigenvalue weighted by Gasteiger charge is -2.28. The van der Waals surface area contributed by atoms with Crippen molar-refractivity contribution < 1.29 is 21.7 Å². The van der Waals surface area contributed by atoms with E-state index in [0.29, 0.717) is 32.3 Å². The minimum atomic E-state index is -3.46. The molecule has 0 N–H and O–H groups in total. The van der Waals surface area contributed by atoms with Gasteiger partial charge < -0.3 is 13.3 Å². The van der Waals surface area contributed by atoms with E-state index < -0.39 is 17.9 Å². The zero-order chi connectivity index (χ0) is 13.4. The third kappa shape index (κ3) is 8.12. The van der Waals surface area contributed by atoms with Crippen LogP contribution >= 0.6 is 10.7 Å². The van der Waals surface area contributed by atoms with Crippen LogP contribution in [-0.2, 0) is 22.3 Å². The molecular weight excluding hydrogens is 284 g/mol. The Balaban J connectivity index is 4.43. The van der Waals surface area contributed by atoms with Gasteiger partial charge in [0.1, 0.15) is 0 Å². The van der Waals surface area contributed by atoms with Crippen molar-refractivity contribution in [3.05, 3.63) is 0 Å². The van der Waals surface area contributed by atoms with Gasteiger partial charge in [0.05, 0.1) is 5.75 Å². The Kier molecular flexibility index (Phi) is 8.61. The molecule has 0 aromatic rings. The van der Waals surface area contributed by atoms with E-state index in [1.54, 1.807) is 0 Å². The summed E-state index contributed by atoms with van der Waals surface area (Å²) in [4.78, 5) is 0. The van der Waals surface area contributed by atoms with E-state index in [2.05, 4.69) is 0 Å². The summed E-state index contributed by atoms with van der Waals surface area (Å²) < 4.78 is 38.4. The molecule has 0 amide bonds. The normalized spacial score (nSPS) is 12.9. The number of hydrogen-bond acceptors (Lipinski definition) is 5. The summed E-state index contributed by atoms with van der Waals surface area (Å²) in [6.45, 7) is 7.04. The molecule has 0 fully saturated rings. The highest BCUT2D eigenvalue weighted by Crippen LogP contribution is 2.19. The molecule has 0 bridgehead atoms. The predicted molar refractivity (Wildman–Crippen MR) is 69.7 cm³/mol. The molecule has 0 aromatic heterocycles. The minimum absolute atomic E-state index is 0.0868. The molecule has 5 nitrogen and oxygen atoms in total. The summed E-state index contributed by atoms with van der Waals surface area (Å²) in [7, 11) is -1.02. The Hall–Kier alpha value is 0.337. The van der Waals surface area contributed by atoms with Crippen LogP contribution in [0.2, 0.25) is 6.04 Å². The fourth-order valence-corrected chi connectivity index (χ4v) is 5.15. The number of halogens is 1. The van der Waals surface area contributed by atoms with Crippen molar-refractivity contribution in [1.82, 2.24) is 0 Å². The molecule has 17 heavy (non-hydrogen) atoms. The Morgan fingerprint density at radius 3 is 1.71 bits per heavy atom. The van der Waals surface area contributed by atoms with E-state index in [0.717, 1.165) is 0 Å². The second-order valence-corrected chi connectivity index (χ2v) is 8.96. The topological polar surface area (TPSA) is 61.8 Å². The summed E-state index contributed by atoms with van der Waals surface area (Å²) in [6.07, 6.45) is 0.387. The molecule has 8 heteroatoms. The van der Waals surface area contributed by atoms with E-state index in [4.69, 9.17) is 24.0 Å². The summed E-state index contributed by atoms with van der Waals surface area (Å²) in [5.41, 5.74) is 0. The Labute approximate surface area is 109 Å². The van der Waals surface area contributed by atoms with E-state index in [-0.39, 0.29) is 5.75 Å². The monoisotopic (exact) mass is 304 g/mol. The van der Waals surface area contributed by atoms with E-state index in [1.807, 2.05) is 20.8 Å². The molecule has 104 valence electrons. The molecule has 0 atom stereocenters. The molecule has 0 aliphatic carbocycles. The van der Waals surface area contributed by atoms with Gasteiger partial charge in [0, 0.05) is 36.5 Å². The number of rotatable bonds is 10. The summed E-state index contributed by atoms with van der Waals surface area (Å²) >= 11 is 0. The SMILES string of the molecule is CCO[Si](CCCS(=O)(=O)Cl)(OCC)OCC. The molecule has 0 aliphatic heterocycles. The average molecular weight is 305 g/mol. The van der Waals surface area contributed by atoms with Crippen LogP contribution in [0.1, 0.15) is 27.2 Å². The minimum Gasteiger partial charge on any atom is -0.374 e. The van der Waals surface area contributed by atoms with Crippen molar-refractivity contribution in [2.45, 2.75) is 33.2 Å². The van der Waals surface area contributed by atoms with Gasteiger partial charge >= 0.3 is 8.80 Å². The van der Waals surface area contributed by atoms with Gasteiger partial charge in [-0.1, -0.05) is 0 Å². The standard InChI is InChI=1S/C9H21ClO5SSi/c1-4-13-17(14-5-2,15-6-3)9-7-8-16(10,11)12/h4-9H2,1-3H3. The second-order valence-electron chi connectivity index (χ2n) is 3.33. The molecule has 0 aliphatic rings. The Morgan fingerprint density at radius 2 is 1.41 bits per heavy atom. The van der Waals surface area contributed by atoms with Crippen LogP contribution in [-0.4, -0.2) is 42.8 Å². The van der Waals surface area contributed by atoms with Crippen LogP contribution in [0, 0.1) is 0 Å². The molecule has 0 spiro atoms. The third-order valence-corrected chi connectivity index (χ3v) is 6.35. The number of hydrogen-bond donors (Lipinski definition) is 0. The van der Waals surface area contributed by atoms with Crippen molar-refractivity contribution in [2.24, 2.45) is 0 Å². The molecule has 0 aromatic carbocycles. The highest BCUT2D eigenvalue weighted by molar-refractivity contribution is 8.13.